The SMILES string of the molecule is CN=C(NCc1cn(C)nc1C(F)(F)F)NCC1(c2cccc(Br)c2)CC1.I. The van der Waals surface area contributed by atoms with Gasteiger partial charge in [-0.2, -0.15) is 18.3 Å². The predicted molar refractivity (Wildman–Crippen MR) is 117 cm³/mol. The molecule has 0 atom stereocenters. The molecule has 1 aliphatic carbocycles. The van der Waals surface area contributed by atoms with Crippen LogP contribution < -0.4 is 10.6 Å². The summed E-state index contributed by atoms with van der Waals surface area (Å²) in [7, 11) is 3.07. The van der Waals surface area contributed by atoms with Crippen molar-refractivity contribution in [3.05, 3.63) is 51.8 Å². The van der Waals surface area contributed by atoms with Crippen LogP contribution in [0.5, 0.6) is 0 Å². The standard InChI is InChI=1S/C18H21BrF3N5.HI/c1-23-16(24-9-12-10-27(2)26-15(12)18(20,21)22)25-11-17(6-7-17)13-4-3-5-14(19)8-13;/h3-5,8,10H,6-7,9,11H2,1-2H3,(H2,23,24,25);1H. The van der Waals surface area contributed by atoms with Crippen molar-refractivity contribution < 1.29 is 13.2 Å². The van der Waals surface area contributed by atoms with E-state index >= 15 is 0 Å². The summed E-state index contributed by atoms with van der Waals surface area (Å²) in [5, 5.41) is 9.71. The lowest BCUT2D eigenvalue weighted by Crippen LogP contribution is -2.41. The van der Waals surface area contributed by atoms with Gasteiger partial charge in [-0.3, -0.25) is 9.67 Å². The number of nitrogens with zero attached hydrogens (tertiary/aromatic N) is 3. The molecule has 1 aliphatic rings. The third kappa shape index (κ3) is 5.40. The van der Waals surface area contributed by atoms with Gasteiger partial charge in [0.25, 0.3) is 0 Å². The van der Waals surface area contributed by atoms with Crippen molar-refractivity contribution in [3.8, 4) is 0 Å². The van der Waals surface area contributed by atoms with E-state index in [2.05, 4.69) is 48.8 Å². The van der Waals surface area contributed by atoms with E-state index in [-0.39, 0.29) is 41.5 Å². The number of nitrogens with one attached hydrogen (secondary N) is 2. The number of hydrogen-bond acceptors (Lipinski definition) is 2. The van der Waals surface area contributed by atoms with Crippen LogP contribution in [0, 0.1) is 0 Å². The lowest BCUT2D eigenvalue weighted by Gasteiger charge is -2.19. The maximum absolute atomic E-state index is 13.0. The molecule has 154 valence electrons. The summed E-state index contributed by atoms with van der Waals surface area (Å²) in [5.74, 6) is 0.466. The van der Waals surface area contributed by atoms with E-state index in [1.54, 1.807) is 7.05 Å². The number of alkyl halides is 3. The maximum Gasteiger partial charge on any atom is 0.435 e. The van der Waals surface area contributed by atoms with Crippen LogP contribution in [0.2, 0.25) is 0 Å². The number of aliphatic imine (C=N–C) groups is 1. The van der Waals surface area contributed by atoms with E-state index < -0.39 is 11.9 Å². The lowest BCUT2D eigenvalue weighted by atomic mass is 9.96. The first-order valence-corrected chi connectivity index (χ1v) is 9.33. The highest BCUT2D eigenvalue weighted by atomic mass is 127. The molecule has 1 aromatic carbocycles. The smallest absolute Gasteiger partial charge is 0.356 e. The Kier molecular flexibility index (Phi) is 7.40. The summed E-state index contributed by atoms with van der Waals surface area (Å²) in [4.78, 5) is 4.12. The van der Waals surface area contributed by atoms with Crippen molar-refractivity contribution in [1.82, 2.24) is 20.4 Å². The number of guanidine groups is 1. The zero-order chi connectivity index (χ0) is 19.7. The Labute approximate surface area is 187 Å². The van der Waals surface area contributed by atoms with Crippen molar-refractivity contribution >= 4 is 45.9 Å². The first-order valence-electron chi connectivity index (χ1n) is 8.54. The van der Waals surface area contributed by atoms with E-state index in [0.29, 0.717) is 12.5 Å². The molecule has 1 aromatic heterocycles. The Morgan fingerprint density at radius 2 is 2.04 bits per heavy atom. The van der Waals surface area contributed by atoms with Crippen molar-refractivity contribution in [3.63, 3.8) is 0 Å². The molecule has 0 spiro atoms. The first-order chi connectivity index (χ1) is 12.7. The van der Waals surface area contributed by atoms with Crippen LogP contribution in [-0.2, 0) is 25.2 Å². The lowest BCUT2D eigenvalue weighted by molar-refractivity contribution is -0.142. The maximum atomic E-state index is 13.0. The number of hydrogen-bond donors (Lipinski definition) is 2. The molecule has 2 aromatic rings. The average Bonchev–Trinajstić information content (AvgIpc) is 3.30. The Hall–Kier alpha value is -1.30. The van der Waals surface area contributed by atoms with Crippen LogP contribution in [0.1, 0.15) is 29.7 Å². The number of aryl methyl sites for hydroxylation is 1. The van der Waals surface area contributed by atoms with Gasteiger partial charge < -0.3 is 10.6 Å². The van der Waals surface area contributed by atoms with Crippen molar-refractivity contribution in [1.29, 1.82) is 0 Å². The van der Waals surface area contributed by atoms with Gasteiger partial charge in [0, 0.05) is 48.8 Å². The molecule has 0 unspecified atom stereocenters. The largest absolute Gasteiger partial charge is 0.435 e. The van der Waals surface area contributed by atoms with Gasteiger partial charge in [-0.15, -0.1) is 24.0 Å². The molecule has 28 heavy (non-hydrogen) atoms. The van der Waals surface area contributed by atoms with Gasteiger partial charge >= 0.3 is 6.18 Å². The van der Waals surface area contributed by atoms with Crippen LogP contribution in [0.3, 0.4) is 0 Å². The number of benzene rings is 1. The number of aromatic nitrogens is 2. The Morgan fingerprint density at radius 3 is 2.61 bits per heavy atom. The molecule has 10 heteroatoms. The van der Waals surface area contributed by atoms with Crippen molar-refractivity contribution in [2.24, 2.45) is 12.0 Å². The second kappa shape index (κ2) is 9.02. The molecule has 0 bridgehead atoms. The monoisotopic (exact) mass is 571 g/mol. The minimum absolute atomic E-state index is 0. The first kappa shape index (κ1) is 23.0. The molecular formula is C18H22BrF3IN5. The summed E-state index contributed by atoms with van der Waals surface area (Å²) in [6, 6.07) is 8.20. The van der Waals surface area contributed by atoms with Crippen LogP contribution in [0.4, 0.5) is 13.2 Å². The van der Waals surface area contributed by atoms with Crippen molar-refractivity contribution in [2.45, 2.75) is 31.0 Å². The van der Waals surface area contributed by atoms with E-state index in [0.717, 1.165) is 17.3 Å². The van der Waals surface area contributed by atoms with Crippen LogP contribution >= 0.6 is 39.9 Å². The third-order valence-corrected chi connectivity index (χ3v) is 5.22. The minimum atomic E-state index is -4.48. The molecular weight excluding hydrogens is 550 g/mol. The molecule has 0 aliphatic heterocycles. The Morgan fingerprint density at radius 1 is 1.32 bits per heavy atom. The van der Waals surface area contributed by atoms with Crippen LogP contribution in [0.25, 0.3) is 0 Å². The van der Waals surface area contributed by atoms with E-state index in [9.17, 15) is 13.2 Å². The van der Waals surface area contributed by atoms with Gasteiger partial charge in [0.15, 0.2) is 11.7 Å². The number of halogens is 5. The summed E-state index contributed by atoms with van der Waals surface area (Å²) >= 11 is 3.50. The van der Waals surface area contributed by atoms with E-state index in [1.165, 1.54) is 23.5 Å². The quantitative estimate of drug-likeness (QED) is 0.321. The fraction of sp³-hybridized carbons (Fsp3) is 0.444. The molecule has 5 nitrogen and oxygen atoms in total. The molecule has 1 heterocycles. The second-order valence-corrected chi connectivity index (χ2v) is 7.66. The highest BCUT2D eigenvalue weighted by Crippen LogP contribution is 2.48. The highest BCUT2D eigenvalue weighted by Gasteiger charge is 2.44. The molecule has 3 rings (SSSR count). The summed E-state index contributed by atoms with van der Waals surface area (Å²) in [6.07, 6.45) is -0.983. The zero-order valence-corrected chi connectivity index (χ0v) is 19.4. The van der Waals surface area contributed by atoms with E-state index in [1.807, 2.05) is 12.1 Å². The highest BCUT2D eigenvalue weighted by molar-refractivity contribution is 14.0. The molecule has 0 saturated heterocycles. The Balaban J connectivity index is 0.00000280. The van der Waals surface area contributed by atoms with Crippen LogP contribution in [-0.4, -0.2) is 29.3 Å². The molecule has 0 amide bonds. The van der Waals surface area contributed by atoms with Crippen LogP contribution in [0.15, 0.2) is 39.9 Å². The molecule has 2 N–H and O–H groups in total. The molecule has 1 saturated carbocycles. The summed E-state index contributed by atoms with van der Waals surface area (Å²) < 4.78 is 41.3. The van der Waals surface area contributed by atoms with Gasteiger partial charge in [-0.05, 0) is 30.5 Å². The summed E-state index contributed by atoms with van der Waals surface area (Å²) in [6.45, 7) is 0.661. The van der Waals surface area contributed by atoms with Gasteiger partial charge in [0.2, 0.25) is 0 Å². The minimum Gasteiger partial charge on any atom is -0.356 e. The zero-order valence-electron chi connectivity index (χ0n) is 15.5. The Bertz CT molecular complexity index is 846. The molecule has 0 radical (unpaired) electrons. The number of rotatable bonds is 5. The van der Waals surface area contributed by atoms with Gasteiger partial charge in [-0.25, -0.2) is 0 Å². The summed E-state index contributed by atoms with van der Waals surface area (Å²) in [5.41, 5.74) is 0.501. The van der Waals surface area contributed by atoms with Gasteiger partial charge in [0.1, 0.15) is 0 Å². The van der Waals surface area contributed by atoms with E-state index in [4.69, 9.17) is 0 Å². The van der Waals surface area contributed by atoms with Crippen molar-refractivity contribution in [2.75, 3.05) is 13.6 Å². The molecule has 1 fully saturated rings. The van der Waals surface area contributed by atoms with Gasteiger partial charge in [-0.1, -0.05) is 28.1 Å². The predicted octanol–water partition coefficient (Wildman–Crippen LogP) is 4.22. The second-order valence-electron chi connectivity index (χ2n) is 6.74. The average molecular weight is 572 g/mol. The third-order valence-electron chi connectivity index (χ3n) is 4.73. The fourth-order valence-electron chi connectivity index (χ4n) is 3.09. The topological polar surface area (TPSA) is 54.2 Å². The normalized spacial score (nSPS) is 15.7. The fourth-order valence-corrected chi connectivity index (χ4v) is 3.49. The van der Waals surface area contributed by atoms with Gasteiger partial charge in [0.05, 0.1) is 0 Å².